The number of thiophene rings is 1. The number of aromatic nitrogens is 3. The summed E-state index contributed by atoms with van der Waals surface area (Å²) in [5.74, 6) is 0.676. The maximum Gasteiger partial charge on any atom is 0.160 e. The lowest BCUT2D eigenvalue weighted by molar-refractivity contribution is 0.670. The van der Waals surface area contributed by atoms with Gasteiger partial charge in [0.2, 0.25) is 0 Å². The molecule has 0 fully saturated rings. The number of nitrogens with zero attached hydrogens (tertiary/aromatic N) is 3. The first-order chi connectivity index (χ1) is 29.7. The van der Waals surface area contributed by atoms with E-state index >= 15 is 0 Å². The van der Waals surface area contributed by atoms with E-state index in [4.69, 9.17) is 14.4 Å². The van der Waals surface area contributed by atoms with Crippen molar-refractivity contribution in [3.05, 3.63) is 200 Å². The molecule has 8 aromatic carbocycles. The van der Waals surface area contributed by atoms with Crippen molar-refractivity contribution in [3.8, 4) is 67.3 Å². The van der Waals surface area contributed by atoms with Gasteiger partial charge in [-0.05, 0) is 70.3 Å². The molecule has 0 aliphatic rings. The summed E-state index contributed by atoms with van der Waals surface area (Å²) in [6, 6.07) is 68.3. The topological polar surface area (TPSA) is 51.8 Å². The highest BCUT2D eigenvalue weighted by Crippen LogP contribution is 2.44. The Labute approximate surface area is 349 Å². The van der Waals surface area contributed by atoms with Gasteiger partial charge in [-0.2, -0.15) is 0 Å². The Kier molecular flexibility index (Phi) is 8.00. The van der Waals surface area contributed by atoms with E-state index in [0.717, 1.165) is 83.2 Å². The molecule has 12 rings (SSSR count). The van der Waals surface area contributed by atoms with Gasteiger partial charge in [0.25, 0.3) is 0 Å². The number of furan rings is 1. The zero-order valence-electron chi connectivity index (χ0n) is 32.2. The van der Waals surface area contributed by atoms with Gasteiger partial charge in [0.15, 0.2) is 5.82 Å². The van der Waals surface area contributed by atoms with Crippen LogP contribution in [0.5, 0.6) is 0 Å². The van der Waals surface area contributed by atoms with E-state index in [1.54, 1.807) is 0 Å². The first kappa shape index (κ1) is 34.3. The van der Waals surface area contributed by atoms with Crippen molar-refractivity contribution in [3.63, 3.8) is 0 Å². The van der Waals surface area contributed by atoms with E-state index in [9.17, 15) is 0 Å². The van der Waals surface area contributed by atoms with Gasteiger partial charge >= 0.3 is 0 Å². The van der Waals surface area contributed by atoms with Crippen LogP contribution >= 0.6 is 11.3 Å². The third-order valence-corrected chi connectivity index (χ3v) is 12.7. The summed E-state index contributed by atoms with van der Waals surface area (Å²) in [6.07, 6.45) is 1.87. The van der Waals surface area contributed by atoms with Crippen molar-refractivity contribution in [2.75, 3.05) is 0 Å². The van der Waals surface area contributed by atoms with Gasteiger partial charge in [0.1, 0.15) is 11.2 Å². The Bertz CT molecular complexity index is 3580. The molecule has 0 saturated heterocycles. The van der Waals surface area contributed by atoms with Crippen LogP contribution < -0.4 is 0 Å². The summed E-state index contributed by atoms with van der Waals surface area (Å²) in [4.78, 5) is 14.8. The maximum absolute atomic E-state index is 6.72. The SMILES string of the molecule is c1ccc(-c2cc(-c3ccc(-c4ccc(-c5ccc6c(c5)sc5ccccc56)c5c4oc4ccccc45)cc3)nc(-c3ccc(-c4ccnc5ccccc45)cc3)n2)cc1. The van der Waals surface area contributed by atoms with Crippen LogP contribution in [0.2, 0.25) is 0 Å². The van der Waals surface area contributed by atoms with E-state index in [-0.39, 0.29) is 0 Å². The average Bonchev–Trinajstić information content (AvgIpc) is 3.90. The quantitative estimate of drug-likeness (QED) is 0.169. The van der Waals surface area contributed by atoms with Crippen LogP contribution in [0.15, 0.2) is 205 Å². The molecule has 0 atom stereocenters. The normalized spacial score (nSPS) is 11.7. The number of hydrogen-bond donors (Lipinski definition) is 0. The number of hydrogen-bond acceptors (Lipinski definition) is 5. The van der Waals surface area contributed by atoms with Crippen molar-refractivity contribution in [2.45, 2.75) is 0 Å². The number of pyridine rings is 1. The highest BCUT2D eigenvalue weighted by atomic mass is 32.1. The third-order valence-electron chi connectivity index (χ3n) is 11.6. The number of rotatable bonds is 6. The monoisotopic (exact) mass is 783 g/mol. The molecular weight excluding hydrogens is 751 g/mol. The van der Waals surface area contributed by atoms with Crippen LogP contribution in [-0.2, 0) is 0 Å². The fraction of sp³-hybridized carbons (Fsp3) is 0. The minimum atomic E-state index is 0.676. The molecule has 0 aliphatic carbocycles. The van der Waals surface area contributed by atoms with Crippen LogP contribution in [0, 0.1) is 0 Å². The van der Waals surface area contributed by atoms with E-state index < -0.39 is 0 Å². The molecule has 0 amide bonds. The molecule has 0 unspecified atom stereocenters. The first-order valence-electron chi connectivity index (χ1n) is 20.1. The van der Waals surface area contributed by atoms with Gasteiger partial charge < -0.3 is 4.42 Å². The van der Waals surface area contributed by atoms with E-state index in [1.165, 1.54) is 31.3 Å². The highest BCUT2D eigenvalue weighted by molar-refractivity contribution is 7.25. The van der Waals surface area contributed by atoms with Gasteiger partial charge in [0.05, 0.1) is 16.9 Å². The number of benzene rings is 8. The molecule has 4 aromatic heterocycles. The zero-order valence-corrected chi connectivity index (χ0v) is 33.0. The minimum absolute atomic E-state index is 0.676. The Morgan fingerprint density at radius 3 is 1.80 bits per heavy atom. The lowest BCUT2D eigenvalue weighted by Gasteiger charge is -2.12. The molecule has 280 valence electrons. The molecule has 4 nitrogen and oxygen atoms in total. The zero-order chi connectivity index (χ0) is 39.6. The Morgan fingerprint density at radius 2 is 0.983 bits per heavy atom. The summed E-state index contributed by atoms with van der Waals surface area (Å²) < 4.78 is 9.31. The first-order valence-corrected chi connectivity index (χ1v) is 20.9. The second-order valence-corrected chi connectivity index (χ2v) is 16.2. The number of fused-ring (bicyclic) bond motifs is 7. The molecular formula is C55H33N3OS. The summed E-state index contributed by atoms with van der Waals surface area (Å²) >= 11 is 1.85. The fourth-order valence-electron chi connectivity index (χ4n) is 8.64. The fourth-order valence-corrected chi connectivity index (χ4v) is 9.78. The summed E-state index contributed by atoms with van der Waals surface area (Å²) in [5, 5.41) is 5.97. The predicted octanol–water partition coefficient (Wildman–Crippen LogP) is 15.3. The second-order valence-electron chi connectivity index (χ2n) is 15.1. The van der Waals surface area contributed by atoms with Gasteiger partial charge in [-0.15, -0.1) is 11.3 Å². The van der Waals surface area contributed by atoms with Crippen molar-refractivity contribution >= 4 is 64.4 Å². The average molecular weight is 784 g/mol. The molecule has 5 heteroatoms. The maximum atomic E-state index is 6.72. The molecule has 60 heavy (non-hydrogen) atoms. The van der Waals surface area contributed by atoms with Gasteiger partial charge in [-0.25, -0.2) is 9.97 Å². The van der Waals surface area contributed by atoms with Crippen molar-refractivity contribution in [2.24, 2.45) is 0 Å². The molecule has 0 radical (unpaired) electrons. The Hall–Kier alpha value is -7.73. The molecule has 0 saturated carbocycles. The van der Waals surface area contributed by atoms with Crippen molar-refractivity contribution in [1.82, 2.24) is 15.0 Å². The molecule has 0 N–H and O–H groups in total. The van der Waals surface area contributed by atoms with Gasteiger partial charge in [-0.3, -0.25) is 4.98 Å². The van der Waals surface area contributed by atoms with Crippen LogP contribution in [0.25, 0.3) is 120 Å². The van der Waals surface area contributed by atoms with Crippen LogP contribution in [0.3, 0.4) is 0 Å². The molecule has 4 heterocycles. The van der Waals surface area contributed by atoms with Crippen LogP contribution in [0.1, 0.15) is 0 Å². The third kappa shape index (κ3) is 5.78. The smallest absolute Gasteiger partial charge is 0.160 e. The second kappa shape index (κ2) is 14.0. The minimum Gasteiger partial charge on any atom is -0.455 e. The summed E-state index contributed by atoms with van der Waals surface area (Å²) in [6.45, 7) is 0. The number of para-hydroxylation sites is 2. The molecule has 0 spiro atoms. The lowest BCUT2D eigenvalue weighted by atomic mass is 9.94. The van der Waals surface area contributed by atoms with Crippen molar-refractivity contribution in [1.29, 1.82) is 0 Å². The Balaban J connectivity index is 0.937. The molecule has 0 aliphatic heterocycles. The van der Waals surface area contributed by atoms with E-state index in [0.29, 0.717) is 5.82 Å². The van der Waals surface area contributed by atoms with E-state index in [1.807, 2.05) is 53.9 Å². The van der Waals surface area contributed by atoms with Gasteiger partial charge in [0, 0.05) is 64.8 Å². The summed E-state index contributed by atoms with van der Waals surface area (Å²) in [5.41, 5.74) is 14.2. The Morgan fingerprint density at radius 1 is 0.383 bits per heavy atom. The highest BCUT2D eigenvalue weighted by Gasteiger charge is 2.19. The largest absolute Gasteiger partial charge is 0.455 e. The molecule has 0 bridgehead atoms. The van der Waals surface area contributed by atoms with Crippen LogP contribution in [0.4, 0.5) is 0 Å². The lowest BCUT2D eigenvalue weighted by Crippen LogP contribution is -1.96. The van der Waals surface area contributed by atoms with Crippen LogP contribution in [-0.4, -0.2) is 15.0 Å². The molecule has 12 aromatic rings. The predicted molar refractivity (Wildman–Crippen MR) is 250 cm³/mol. The van der Waals surface area contributed by atoms with E-state index in [2.05, 4.69) is 163 Å². The summed E-state index contributed by atoms with van der Waals surface area (Å²) in [7, 11) is 0. The van der Waals surface area contributed by atoms with Gasteiger partial charge in [-0.1, -0.05) is 152 Å². The standard InChI is InChI=1S/C55H33N3OS/c1-2-10-36(11-3-1)48-33-49(58-55(57-48)38-24-20-34(21-25-38)40-30-31-56-47-15-7-4-12-43(40)47)37-22-18-35(19-23-37)42-29-28-41(53-46-14-5-8-16-50(46)59-54(42)53)39-26-27-45-44-13-6-9-17-51(44)60-52(45)32-39/h1-33H. The van der Waals surface area contributed by atoms with Crippen molar-refractivity contribution < 1.29 is 4.42 Å².